The maximum atomic E-state index is 13.6. The summed E-state index contributed by atoms with van der Waals surface area (Å²) in [4.78, 5) is 27.1. The lowest BCUT2D eigenvalue weighted by atomic mass is 10.1. The molecule has 1 N–H and O–H groups in total. The molecule has 0 radical (unpaired) electrons. The Morgan fingerprint density at radius 3 is 2.33 bits per heavy atom. The molecule has 0 atom stereocenters. The summed E-state index contributed by atoms with van der Waals surface area (Å²) in [6.07, 6.45) is 1.56. The van der Waals surface area contributed by atoms with E-state index in [4.69, 9.17) is 23.8 Å². The molecule has 1 aromatic heterocycles. The molecule has 1 saturated heterocycles. The van der Waals surface area contributed by atoms with Gasteiger partial charge in [0.05, 0.1) is 16.4 Å². The average Bonchev–Trinajstić information content (AvgIpc) is 3.01. The van der Waals surface area contributed by atoms with Crippen LogP contribution in [0.15, 0.2) is 48.0 Å². The molecule has 0 spiro atoms. The van der Waals surface area contributed by atoms with Gasteiger partial charge in [-0.25, -0.2) is 4.39 Å². The van der Waals surface area contributed by atoms with Gasteiger partial charge < -0.3 is 4.57 Å². The third kappa shape index (κ3) is 3.98. The summed E-state index contributed by atoms with van der Waals surface area (Å²) in [7, 11) is 0. The first-order chi connectivity index (χ1) is 15.6. The number of anilines is 1. The molecule has 5 nitrogen and oxygen atoms in total. The summed E-state index contributed by atoms with van der Waals surface area (Å²) in [5.74, 6) is -1.82. The minimum absolute atomic E-state index is 0.0780. The van der Waals surface area contributed by atoms with Gasteiger partial charge in [-0.3, -0.25) is 19.8 Å². The molecule has 0 saturated carbocycles. The number of para-hydroxylation sites is 1. The fraction of sp³-hybridized carbons (Fsp3) is 0.160. The fourth-order valence-corrected chi connectivity index (χ4v) is 4.56. The lowest BCUT2D eigenvalue weighted by molar-refractivity contribution is -0.122. The summed E-state index contributed by atoms with van der Waals surface area (Å²) >= 11 is 11.1. The van der Waals surface area contributed by atoms with Crippen molar-refractivity contribution < 1.29 is 14.0 Å². The van der Waals surface area contributed by atoms with Gasteiger partial charge in [0.2, 0.25) is 0 Å². The zero-order valence-corrected chi connectivity index (χ0v) is 20.1. The molecule has 1 fully saturated rings. The SMILES string of the molecule is Cc1cccc(C)c1-n1c(C)cc(/C=C2\C(=O)NC(=S)N(c3ccc(F)c(Cl)c3)C2=O)c1C. The number of amides is 2. The number of benzene rings is 2. The fourth-order valence-electron chi connectivity index (χ4n) is 4.11. The van der Waals surface area contributed by atoms with Crippen LogP contribution in [0.2, 0.25) is 5.02 Å². The Morgan fingerprint density at radius 2 is 1.70 bits per heavy atom. The van der Waals surface area contributed by atoms with Crippen molar-refractivity contribution in [1.82, 2.24) is 9.88 Å². The number of rotatable bonds is 3. The van der Waals surface area contributed by atoms with E-state index in [0.717, 1.165) is 44.7 Å². The molecule has 1 aliphatic heterocycles. The van der Waals surface area contributed by atoms with E-state index in [2.05, 4.69) is 9.88 Å². The average molecular weight is 482 g/mol. The van der Waals surface area contributed by atoms with E-state index in [1.807, 2.05) is 52.0 Å². The van der Waals surface area contributed by atoms with Crippen LogP contribution < -0.4 is 10.2 Å². The van der Waals surface area contributed by atoms with E-state index < -0.39 is 17.6 Å². The van der Waals surface area contributed by atoms with Gasteiger partial charge in [-0.15, -0.1) is 0 Å². The molecule has 1 aliphatic rings. The number of nitrogens with one attached hydrogen (secondary N) is 1. The van der Waals surface area contributed by atoms with E-state index in [0.29, 0.717) is 0 Å². The van der Waals surface area contributed by atoms with Gasteiger partial charge in [-0.2, -0.15) is 0 Å². The summed E-state index contributed by atoms with van der Waals surface area (Å²) in [5, 5.41) is 2.30. The van der Waals surface area contributed by atoms with Crippen LogP contribution in [0.3, 0.4) is 0 Å². The van der Waals surface area contributed by atoms with Crippen molar-refractivity contribution in [2.75, 3.05) is 4.90 Å². The van der Waals surface area contributed by atoms with Crippen molar-refractivity contribution in [3.63, 3.8) is 0 Å². The predicted molar refractivity (Wildman–Crippen MR) is 132 cm³/mol. The van der Waals surface area contributed by atoms with Crippen LogP contribution in [0, 0.1) is 33.5 Å². The number of hydrogen-bond donors (Lipinski definition) is 1. The standard InChI is InChI=1S/C25H21ClFN3O2S/c1-13-6-5-7-14(2)22(13)29-15(3)10-17(16(29)4)11-19-23(31)28-25(33)30(24(19)32)18-8-9-21(27)20(26)12-18/h5-12H,1-4H3,(H,28,31,33)/b19-11+. The van der Waals surface area contributed by atoms with Crippen LogP contribution in [0.25, 0.3) is 11.8 Å². The van der Waals surface area contributed by atoms with Gasteiger partial charge in [0.25, 0.3) is 11.8 Å². The number of carbonyl (C=O) groups is 2. The second-order valence-electron chi connectivity index (χ2n) is 7.96. The Hall–Kier alpha value is -3.29. The minimum atomic E-state index is -0.616. The highest BCUT2D eigenvalue weighted by molar-refractivity contribution is 7.80. The van der Waals surface area contributed by atoms with Gasteiger partial charge in [-0.1, -0.05) is 29.8 Å². The molecule has 2 amide bonds. The quantitative estimate of drug-likeness (QED) is 0.312. The lowest BCUT2D eigenvalue weighted by Gasteiger charge is -2.29. The number of hydrogen-bond acceptors (Lipinski definition) is 3. The Bertz CT molecular complexity index is 1360. The monoisotopic (exact) mass is 481 g/mol. The van der Waals surface area contributed by atoms with Crippen LogP contribution in [-0.4, -0.2) is 21.5 Å². The first kappa shape index (κ1) is 22.9. The zero-order chi connectivity index (χ0) is 24.0. The van der Waals surface area contributed by atoms with E-state index in [9.17, 15) is 14.0 Å². The normalized spacial score (nSPS) is 15.4. The second kappa shape index (κ2) is 8.57. The van der Waals surface area contributed by atoms with E-state index in [1.165, 1.54) is 12.1 Å². The summed E-state index contributed by atoms with van der Waals surface area (Å²) < 4.78 is 15.7. The smallest absolute Gasteiger partial charge is 0.270 e. The van der Waals surface area contributed by atoms with Crippen molar-refractivity contribution in [2.24, 2.45) is 0 Å². The molecule has 33 heavy (non-hydrogen) atoms. The van der Waals surface area contributed by atoms with E-state index >= 15 is 0 Å². The Morgan fingerprint density at radius 1 is 1.03 bits per heavy atom. The number of carbonyl (C=O) groups excluding carboxylic acids is 2. The van der Waals surface area contributed by atoms with Gasteiger partial charge in [0.1, 0.15) is 11.4 Å². The molecule has 0 aliphatic carbocycles. The van der Waals surface area contributed by atoms with Gasteiger partial charge in [-0.05, 0) is 86.9 Å². The van der Waals surface area contributed by atoms with Gasteiger partial charge >= 0.3 is 0 Å². The highest BCUT2D eigenvalue weighted by atomic mass is 35.5. The lowest BCUT2D eigenvalue weighted by Crippen LogP contribution is -2.54. The first-order valence-corrected chi connectivity index (χ1v) is 11.0. The maximum Gasteiger partial charge on any atom is 0.270 e. The van der Waals surface area contributed by atoms with Crippen molar-refractivity contribution in [3.05, 3.63) is 87.0 Å². The van der Waals surface area contributed by atoms with Crippen LogP contribution in [0.5, 0.6) is 0 Å². The van der Waals surface area contributed by atoms with Crippen molar-refractivity contribution in [3.8, 4) is 5.69 Å². The molecule has 3 aromatic rings. The molecule has 4 rings (SSSR count). The van der Waals surface area contributed by atoms with Crippen LogP contribution in [-0.2, 0) is 9.59 Å². The summed E-state index contributed by atoms with van der Waals surface area (Å²) in [6, 6.07) is 11.9. The number of aryl methyl sites for hydroxylation is 3. The minimum Gasteiger partial charge on any atom is -0.317 e. The predicted octanol–water partition coefficient (Wildman–Crippen LogP) is 5.33. The summed E-state index contributed by atoms with van der Waals surface area (Å²) in [5.41, 5.74) is 6.09. The van der Waals surface area contributed by atoms with E-state index in [-0.39, 0.29) is 21.4 Å². The van der Waals surface area contributed by atoms with Crippen LogP contribution >= 0.6 is 23.8 Å². The third-order valence-corrected chi connectivity index (χ3v) is 6.27. The highest BCUT2D eigenvalue weighted by Crippen LogP contribution is 2.29. The van der Waals surface area contributed by atoms with E-state index in [1.54, 1.807) is 6.08 Å². The molecule has 0 unspecified atom stereocenters. The molecular weight excluding hydrogens is 461 g/mol. The number of halogens is 2. The molecule has 168 valence electrons. The molecule has 8 heteroatoms. The van der Waals surface area contributed by atoms with Gasteiger partial charge in [0, 0.05) is 11.4 Å². The topological polar surface area (TPSA) is 54.3 Å². The molecule has 2 heterocycles. The Kier molecular flexibility index (Phi) is 5.95. The third-order valence-electron chi connectivity index (χ3n) is 5.70. The number of nitrogens with zero attached hydrogens (tertiary/aromatic N) is 2. The maximum absolute atomic E-state index is 13.6. The van der Waals surface area contributed by atoms with Crippen LogP contribution in [0.1, 0.15) is 28.1 Å². The zero-order valence-electron chi connectivity index (χ0n) is 18.5. The highest BCUT2D eigenvalue weighted by Gasteiger charge is 2.35. The molecular formula is C25H21ClFN3O2S. The largest absolute Gasteiger partial charge is 0.317 e. The molecule has 0 bridgehead atoms. The van der Waals surface area contributed by atoms with Crippen LogP contribution in [0.4, 0.5) is 10.1 Å². The van der Waals surface area contributed by atoms with Crippen molar-refractivity contribution >= 4 is 52.5 Å². The second-order valence-corrected chi connectivity index (χ2v) is 8.75. The van der Waals surface area contributed by atoms with Gasteiger partial charge in [0.15, 0.2) is 5.11 Å². The Balaban J connectivity index is 1.80. The van der Waals surface area contributed by atoms with Crippen molar-refractivity contribution in [1.29, 1.82) is 0 Å². The number of thiocarbonyl (C=S) groups is 1. The Labute approximate surface area is 201 Å². The summed E-state index contributed by atoms with van der Waals surface area (Å²) in [6.45, 7) is 8.01. The number of aromatic nitrogens is 1. The van der Waals surface area contributed by atoms with Crippen molar-refractivity contribution in [2.45, 2.75) is 27.7 Å². The molecule has 2 aromatic carbocycles. The first-order valence-electron chi connectivity index (χ1n) is 10.2.